The molecule has 0 radical (unpaired) electrons. The van der Waals surface area contributed by atoms with Crippen LogP contribution >= 0.6 is 27.5 Å². The number of carbonyl (C=O) groups is 1. The summed E-state index contributed by atoms with van der Waals surface area (Å²) in [7, 11) is -4.02. The average molecular weight is 581 g/mol. The quantitative estimate of drug-likeness (QED) is 0.270. The Morgan fingerprint density at radius 2 is 1.89 bits per heavy atom. The lowest BCUT2D eigenvalue weighted by molar-refractivity contribution is -0.121. The van der Waals surface area contributed by atoms with E-state index in [1.165, 1.54) is 24.4 Å². The van der Waals surface area contributed by atoms with Crippen molar-refractivity contribution in [1.29, 1.82) is 0 Å². The molecule has 0 atom stereocenters. The third-order valence-electron chi connectivity index (χ3n) is 4.76. The molecule has 0 heterocycles. The van der Waals surface area contributed by atoms with Gasteiger partial charge in [0.05, 0.1) is 24.3 Å². The molecule has 1 amide bonds. The second-order valence-corrected chi connectivity index (χ2v) is 10.5. The lowest BCUT2D eigenvalue weighted by atomic mass is 10.2. The zero-order valence-corrected chi connectivity index (χ0v) is 21.8. The fourth-order valence-electron chi connectivity index (χ4n) is 3.05. The number of ether oxygens (including phenoxy) is 1. The highest BCUT2D eigenvalue weighted by Gasteiger charge is 2.27. The first-order valence-corrected chi connectivity index (χ1v) is 13.1. The van der Waals surface area contributed by atoms with E-state index in [-0.39, 0.29) is 22.9 Å². The molecular formula is C24H23BrClN3O5S. The normalized spacial score (nSPS) is 11.7. The largest absolute Gasteiger partial charge is 0.504 e. The summed E-state index contributed by atoms with van der Waals surface area (Å²) in [6, 6.07) is 17.6. The van der Waals surface area contributed by atoms with Crippen molar-refractivity contribution in [3.63, 3.8) is 0 Å². The fourth-order valence-corrected chi connectivity index (χ4v) is 4.89. The van der Waals surface area contributed by atoms with Crippen LogP contribution in [0, 0.1) is 0 Å². The summed E-state index contributed by atoms with van der Waals surface area (Å²) in [5.74, 6) is -0.367. The van der Waals surface area contributed by atoms with Crippen molar-refractivity contribution in [3.05, 3.63) is 87.4 Å². The van der Waals surface area contributed by atoms with Crippen molar-refractivity contribution in [3.8, 4) is 11.5 Å². The van der Waals surface area contributed by atoms with Gasteiger partial charge in [0.15, 0.2) is 11.5 Å². The van der Waals surface area contributed by atoms with E-state index in [0.717, 1.165) is 8.78 Å². The van der Waals surface area contributed by atoms with Crippen molar-refractivity contribution in [1.82, 2.24) is 9.73 Å². The van der Waals surface area contributed by atoms with Crippen LogP contribution in [0.5, 0.6) is 11.5 Å². The van der Waals surface area contributed by atoms with Gasteiger partial charge in [0.2, 0.25) is 10.0 Å². The van der Waals surface area contributed by atoms with Gasteiger partial charge < -0.3 is 9.84 Å². The monoisotopic (exact) mass is 579 g/mol. The predicted octanol–water partition coefficient (Wildman–Crippen LogP) is 4.55. The van der Waals surface area contributed by atoms with Crippen LogP contribution in [-0.2, 0) is 21.4 Å². The molecule has 0 aliphatic rings. The summed E-state index contributed by atoms with van der Waals surface area (Å²) in [6.45, 7) is 1.57. The molecule has 35 heavy (non-hydrogen) atoms. The Morgan fingerprint density at radius 3 is 2.57 bits per heavy atom. The Labute approximate surface area is 217 Å². The molecular weight excluding hydrogens is 558 g/mol. The molecule has 0 unspecified atom stereocenters. The third-order valence-corrected chi connectivity index (χ3v) is 7.47. The SMILES string of the molecule is CCOc1cc(/C=N/NC(=O)CN(Cc2ccccc2Cl)S(=O)(=O)c2ccc(Br)cc2)ccc1O. The Balaban J connectivity index is 1.78. The molecule has 0 spiro atoms. The molecule has 3 rings (SSSR count). The number of aromatic hydroxyl groups is 1. The number of nitrogens with zero attached hydrogens (tertiary/aromatic N) is 2. The molecule has 3 aromatic carbocycles. The van der Waals surface area contributed by atoms with E-state index in [1.807, 2.05) is 0 Å². The van der Waals surface area contributed by atoms with Crippen molar-refractivity contribution in [2.24, 2.45) is 5.10 Å². The van der Waals surface area contributed by atoms with Crippen LogP contribution in [-0.4, -0.2) is 43.1 Å². The number of nitrogens with one attached hydrogen (secondary N) is 1. The van der Waals surface area contributed by atoms with Gasteiger partial charge in [-0.15, -0.1) is 0 Å². The number of amides is 1. The van der Waals surface area contributed by atoms with E-state index in [2.05, 4.69) is 26.5 Å². The lowest BCUT2D eigenvalue weighted by Crippen LogP contribution is -2.39. The first kappa shape index (κ1) is 26.7. The number of hydrogen-bond donors (Lipinski definition) is 2. The molecule has 0 bridgehead atoms. The van der Waals surface area contributed by atoms with E-state index in [1.54, 1.807) is 55.5 Å². The standard InChI is InChI=1S/C24H23BrClN3O5S/c1-2-34-23-13-17(7-12-22(23)30)14-27-28-24(31)16-29(15-18-5-3-4-6-21(18)26)35(32,33)20-10-8-19(25)9-11-20/h3-14,30H,2,15-16H2,1H3,(H,28,31)/b27-14+. The van der Waals surface area contributed by atoms with Crippen LogP contribution in [0.4, 0.5) is 0 Å². The van der Waals surface area contributed by atoms with Crippen LogP contribution in [0.25, 0.3) is 0 Å². The number of phenols is 1. The first-order valence-electron chi connectivity index (χ1n) is 10.5. The highest BCUT2D eigenvalue weighted by atomic mass is 79.9. The van der Waals surface area contributed by atoms with E-state index in [4.69, 9.17) is 16.3 Å². The molecule has 0 saturated heterocycles. The molecule has 0 saturated carbocycles. The number of benzene rings is 3. The second-order valence-electron chi connectivity index (χ2n) is 7.27. The molecule has 0 aliphatic heterocycles. The summed E-state index contributed by atoms with van der Waals surface area (Å²) >= 11 is 9.53. The minimum Gasteiger partial charge on any atom is -0.504 e. The zero-order chi connectivity index (χ0) is 25.4. The maximum absolute atomic E-state index is 13.3. The van der Waals surface area contributed by atoms with Crippen LogP contribution in [0.15, 0.2) is 81.2 Å². The minimum atomic E-state index is -4.02. The van der Waals surface area contributed by atoms with E-state index < -0.39 is 22.5 Å². The third kappa shape index (κ3) is 7.28. The molecule has 0 aromatic heterocycles. The molecule has 2 N–H and O–H groups in total. The maximum atomic E-state index is 13.3. The summed E-state index contributed by atoms with van der Waals surface area (Å²) in [5.41, 5.74) is 3.47. The Kier molecular flexibility index (Phi) is 9.27. The Morgan fingerprint density at radius 1 is 1.17 bits per heavy atom. The Bertz CT molecular complexity index is 1320. The lowest BCUT2D eigenvalue weighted by Gasteiger charge is -2.22. The fraction of sp³-hybridized carbons (Fsp3) is 0.167. The van der Waals surface area contributed by atoms with E-state index in [9.17, 15) is 18.3 Å². The van der Waals surface area contributed by atoms with Crippen LogP contribution < -0.4 is 10.2 Å². The smallest absolute Gasteiger partial charge is 0.255 e. The van der Waals surface area contributed by atoms with Gasteiger partial charge in [-0.2, -0.15) is 9.41 Å². The van der Waals surface area contributed by atoms with Crippen LogP contribution in [0.2, 0.25) is 5.02 Å². The first-order chi connectivity index (χ1) is 16.7. The van der Waals surface area contributed by atoms with E-state index >= 15 is 0 Å². The van der Waals surface area contributed by atoms with Crippen LogP contribution in [0.1, 0.15) is 18.1 Å². The van der Waals surface area contributed by atoms with Crippen LogP contribution in [0.3, 0.4) is 0 Å². The summed E-state index contributed by atoms with van der Waals surface area (Å²) < 4.78 is 33.8. The number of phenolic OH excluding ortho intramolecular Hbond substituents is 1. The summed E-state index contributed by atoms with van der Waals surface area (Å²) in [6.07, 6.45) is 1.36. The number of hydrogen-bond acceptors (Lipinski definition) is 6. The zero-order valence-electron chi connectivity index (χ0n) is 18.7. The summed E-state index contributed by atoms with van der Waals surface area (Å²) in [4.78, 5) is 12.7. The van der Waals surface area contributed by atoms with Gasteiger partial charge in [-0.3, -0.25) is 4.79 Å². The highest BCUT2D eigenvalue weighted by Crippen LogP contribution is 2.26. The maximum Gasteiger partial charge on any atom is 0.255 e. The van der Waals surface area contributed by atoms with Crippen molar-refractivity contribution < 1.29 is 23.1 Å². The number of sulfonamides is 1. The predicted molar refractivity (Wildman–Crippen MR) is 138 cm³/mol. The Hall–Kier alpha value is -2.92. The molecule has 0 aliphatic carbocycles. The van der Waals surface area contributed by atoms with Gasteiger partial charge in [-0.1, -0.05) is 45.7 Å². The van der Waals surface area contributed by atoms with Crippen molar-refractivity contribution in [2.45, 2.75) is 18.4 Å². The minimum absolute atomic E-state index is 0.0126. The number of halogens is 2. The highest BCUT2D eigenvalue weighted by molar-refractivity contribution is 9.10. The van der Waals surface area contributed by atoms with Gasteiger partial charge in [-0.05, 0) is 66.6 Å². The van der Waals surface area contributed by atoms with Gasteiger partial charge >= 0.3 is 0 Å². The molecule has 11 heteroatoms. The topological polar surface area (TPSA) is 108 Å². The van der Waals surface area contributed by atoms with Gasteiger partial charge in [0.1, 0.15) is 0 Å². The van der Waals surface area contributed by atoms with E-state index in [0.29, 0.717) is 22.8 Å². The van der Waals surface area contributed by atoms with Gasteiger partial charge in [-0.25, -0.2) is 13.8 Å². The molecule has 3 aromatic rings. The second kappa shape index (κ2) is 12.2. The number of rotatable bonds is 10. The number of hydrazone groups is 1. The van der Waals surface area contributed by atoms with Crippen molar-refractivity contribution in [2.75, 3.05) is 13.2 Å². The molecule has 0 fully saturated rings. The van der Waals surface area contributed by atoms with Gasteiger partial charge in [0.25, 0.3) is 5.91 Å². The number of carbonyl (C=O) groups excluding carboxylic acids is 1. The van der Waals surface area contributed by atoms with Gasteiger partial charge in [0, 0.05) is 16.0 Å². The molecule has 8 nitrogen and oxygen atoms in total. The average Bonchev–Trinajstić information content (AvgIpc) is 2.82. The summed E-state index contributed by atoms with van der Waals surface area (Å²) in [5, 5.41) is 14.1. The van der Waals surface area contributed by atoms with Crippen molar-refractivity contribution >= 4 is 49.7 Å². The molecule has 184 valence electrons.